The van der Waals surface area contributed by atoms with Gasteiger partial charge < -0.3 is 14.8 Å². The Bertz CT molecular complexity index is 525. The van der Waals surface area contributed by atoms with Gasteiger partial charge in [-0.1, -0.05) is 18.2 Å². The molecule has 1 fully saturated rings. The highest BCUT2D eigenvalue weighted by Crippen LogP contribution is 2.31. The molecule has 0 aromatic heterocycles. The van der Waals surface area contributed by atoms with Gasteiger partial charge in [-0.25, -0.2) is 0 Å². The highest BCUT2D eigenvalue weighted by atomic mass is 16.5. The minimum atomic E-state index is -0.614. The van der Waals surface area contributed by atoms with E-state index in [1.165, 1.54) is 0 Å². The first-order chi connectivity index (χ1) is 11.6. The van der Waals surface area contributed by atoms with E-state index in [1.54, 1.807) is 7.11 Å². The van der Waals surface area contributed by atoms with E-state index in [9.17, 15) is 4.79 Å². The van der Waals surface area contributed by atoms with Crippen LogP contribution in [-0.2, 0) is 14.9 Å². The number of amides is 1. The second-order valence-electron chi connectivity index (χ2n) is 6.74. The van der Waals surface area contributed by atoms with E-state index >= 15 is 0 Å². The Balaban J connectivity index is 1.76. The first-order valence-corrected chi connectivity index (χ1v) is 8.77. The molecule has 0 spiro atoms. The molecule has 1 saturated heterocycles. The minimum absolute atomic E-state index is 0.0402. The van der Waals surface area contributed by atoms with E-state index in [1.807, 2.05) is 38.1 Å². The van der Waals surface area contributed by atoms with Crippen LogP contribution in [-0.4, -0.2) is 57.3 Å². The summed E-state index contributed by atoms with van der Waals surface area (Å²) in [4.78, 5) is 15.0. The van der Waals surface area contributed by atoms with Crippen LogP contribution in [0.3, 0.4) is 0 Å². The van der Waals surface area contributed by atoms with E-state index in [2.05, 4.69) is 10.2 Å². The van der Waals surface area contributed by atoms with Crippen LogP contribution in [0.25, 0.3) is 0 Å². The number of para-hydroxylation sites is 1. The van der Waals surface area contributed by atoms with Gasteiger partial charge in [0.1, 0.15) is 5.75 Å². The van der Waals surface area contributed by atoms with E-state index in [-0.39, 0.29) is 5.91 Å². The van der Waals surface area contributed by atoms with Crippen molar-refractivity contribution < 1.29 is 14.3 Å². The monoisotopic (exact) mass is 334 g/mol. The van der Waals surface area contributed by atoms with Gasteiger partial charge >= 0.3 is 0 Å². The lowest BCUT2D eigenvalue weighted by atomic mass is 9.83. The van der Waals surface area contributed by atoms with Gasteiger partial charge in [0.25, 0.3) is 0 Å². The third kappa shape index (κ3) is 4.95. The second-order valence-corrected chi connectivity index (χ2v) is 6.74. The van der Waals surface area contributed by atoms with Crippen molar-refractivity contribution in [1.82, 2.24) is 10.2 Å². The lowest BCUT2D eigenvalue weighted by molar-refractivity contribution is -0.125. The highest BCUT2D eigenvalue weighted by Gasteiger charge is 2.32. The van der Waals surface area contributed by atoms with E-state index < -0.39 is 5.41 Å². The van der Waals surface area contributed by atoms with Crippen molar-refractivity contribution in [1.29, 1.82) is 0 Å². The van der Waals surface area contributed by atoms with Crippen LogP contribution in [0.1, 0.15) is 32.3 Å². The van der Waals surface area contributed by atoms with Gasteiger partial charge in [0, 0.05) is 25.2 Å². The number of unbranched alkanes of at least 4 members (excludes halogenated alkanes) is 1. The molecule has 0 atom stereocenters. The first-order valence-electron chi connectivity index (χ1n) is 8.77. The summed E-state index contributed by atoms with van der Waals surface area (Å²) in [6.07, 6.45) is 2.08. The smallest absolute Gasteiger partial charge is 0.230 e. The fraction of sp³-hybridized carbons (Fsp3) is 0.632. The van der Waals surface area contributed by atoms with Crippen molar-refractivity contribution >= 4 is 5.91 Å². The fourth-order valence-corrected chi connectivity index (χ4v) is 2.99. The van der Waals surface area contributed by atoms with Gasteiger partial charge in [-0.2, -0.15) is 0 Å². The summed E-state index contributed by atoms with van der Waals surface area (Å²) in [6.45, 7) is 9.38. The summed E-state index contributed by atoms with van der Waals surface area (Å²) in [5.41, 5.74) is 0.301. The number of rotatable bonds is 8. The summed E-state index contributed by atoms with van der Waals surface area (Å²) in [5, 5.41) is 3.07. The average molecular weight is 334 g/mol. The van der Waals surface area contributed by atoms with Gasteiger partial charge in [-0.05, 0) is 39.3 Å². The van der Waals surface area contributed by atoms with Crippen LogP contribution >= 0.6 is 0 Å². The highest BCUT2D eigenvalue weighted by molar-refractivity contribution is 5.88. The maximum atomic E-state index is 12.6. The molecule has 24 heavy (non-hydrogen) atoms. The molecule has 1 aromatic carbocycles. The quantitative estimate of drug-likeness (QED) is 0.741. The average Bonchev–Trinajstić information content (AvgIpc) is 2.62. The summed E-state index contributed by atoms with van der Waals surface area (Å²) < 4.78 is 10.7. The van der Waals surface area contributed by atoms with Crippen LogP contribution < -0.4 is 10.1 Å². The molecule has 1 amide bonds. The maximum Gasteiger partial charge on any atom is 0.230 e. The number of carbonyl (C=O) groups is 1. The molecular weight excluding hydrogens is 304 g/mol. The van der Waals surface area contributed by atoms with Crippen molar-refractivity contribution in [3.05, 3.63) is 29.8 Å². The molecule has 5 nitrogen and oxygen atoms in total. The Morgan fingerprint density at radius 1 is 1.25 bits per heavy atom. The third-order valence-electron chi connectivity index (χ3n) is 4.64. The number of methoxy groups -OCH3 is 1. The Kier molecular flexibility index (Phi) is 7.06. The zero-order valence-electron chi connectivity index (χ0n) is 15.1. The van der Waals surface area contributed by atoms with Crippen molar-refractivity contribution in [3.8, 4) is 5.75 Å². The Hall–Kier alpha value is -1.59. The molecule has 134 valence electrons. The van der Waals surface area contributed by atoms with Crippen molar-refractivity contribution in [3.63, 3.8) is 0 Å². The Morgan fingerprint density at radius 3 is 2.67 bits per heavy atom. The van der Waals surface area contributed by atoms with Crippen LogP contribution in [0.15, 0.2) is 24.3 Å². The van der Waals surface area contributed by atoms with E-state index in [4.69, 9.17) is 9.47 Å². The van der Waals surface area contributed by atoms with Gasteiger partial charge in [0.2, 0.25) is 5.91 Å². The number of nitrogens with one attached hydrogen (secondary N) is 1. The standard InChI is InChI=1S/C19H30N2O3/c1-19(2,16-8-4-5-9-17(16)23-3)18(22)20-10-6-7-11-21-12-14-24-15-13-21/h4-5,8-9H,6-7,10-15H2,1-3H3,(H,20,22). The van der Waals surface area contributed by atoms with E-state index in [0.717, 1.165) is 57.0 Å². The maximum absolute atomic E-state index is 12.6. The van der Waals surface area contributed by atoms with Gasteiger partial charge in [-0.3, -0.25) is 9.69 Å². The normalized spacial score (nSPS) is 16.0. The van der Waals surface area contributed by atoms with E-state index in [0.29, 0.717) is 6.54 Å². The molecule has 2 rings (SSSR count). The number of morpholine rings is 1. The number of hydrogen-bond donors (Lipinski definition) is 1. The van der Waals surface area contributed by atoms with Crippen molar-refractivity contribution in [2.75, 3.05) is 46.5 Å². The zero-order valence-corrected chi connectivity index (χ0v) is 15.1. The third-order valence-corrected chi connectivity index (χ3v) is 4.64. The molecule has 1 aliphatic heterocycles. The molecule has 0 bridgehead atoms. The minimum Gasteiger partial charge on any atom is -0.496 e. The first kappa shape index (κ1) is 18.7. The molecule has 0 saturated carbocycles. The van der Waals surface area contributed by atoms with Crippen LogP contribution in [0.4, 0.5) is 0 Å². The molecule has 0 unspecified atom stereocenters. The summed E-state index contributed by atoms with van der Waals surface area (Å²) >= 11 is 0. The number of nitrogens with zero attached hydrogens (tertiary/aromatic N) is 1. The summed E-state index contributed by atoms with van der Waals surface area (Å²) in [7, 11) is 1.64. The van der Waals surface area contributed by atoms with Gasteiger partial charge in [0.05, 0.1) is 25.7 Å². The number of carbonyl (C=O) groups excluding carboxylic acids is 1. The van der Waals surface area contributed by atoms with Crippen LogP contribution in [0.5, 0.6) is 5.75 Å². The van der Waals surface area contributed by atoms with Crippen molar-refractivity contribution in [2.24, 2.45) is 0 Å². The molecule has 5 heteroatoms. The van der Waals surface area contributed by atoms with Gasteiger partial charge in [0.15, 0.2) is 0 Å². The molecule has 0 radical (unpaired) electrons. The fourth-order valence-electron chi connectivity index (χ4n) is 2.99. The number of benzene rings is 1. The largest absolute Gasteiger partial charge is 0.496 e. The lowest BCUT2D eigenvalue weighted by Crippen LogP contribution is -2.41. The zero-order chi connectivity index (χ0) is 17.4. The predicted octanol–water partition coefficient (Wildman–Crippen LogP) is 2.20. The van der Waals surface area contributed by atoms with Crippen LogP contribution in [0.2, 0.25) is 0 Å². The molecule has 1 aliphatic rings. The number of hydrogen-bond acceptors (Lipinski definition) is 4. The number of ether oxygens (including phenoxy) is 2. The molecule has 1 aromatic rings. The second kappa shape index (κ2) is 9.04. The molecule has 1 heterocycles. The van der Waals surface area contributed by atoms with Gasteiger partial charge in [-0.15, -0.1) is 0 Å². The molecule has 0 aliphatic carbocycles. The molecule has 1 N–H and O–H groups in total. The molecular formula is C19H30N2O3. The SMILES string of the molecule is COc1ccccc1C(C)(C)C(=O)NCCCCN1CCOCC1. The van der Waals surface area contributed by atoms with Crippen LogP contribution in [0, 0.1) is 0 Å². The Labute approximate surface area is 145 Å². The summed E-state index contributed by atoms with van der Waals surface area (Å²) in [5.74, 6) is 0.795. The predicted molar refractivity (Wildman–Crippen MR) is 95.5 cm³/mol. The summed E-state index contributed by atoms with van der Waals surface area (Å²) in [6, 6.07) is 7.71. The topological polar surface area (TPSA) is 50.8 Å². The van der Waals surface area contributed by atoms with Crippen molar-refractivity contribution in [2.45, 2.75) is 32.1 Å². The lowest BCUT2D eigenvalue weighted by Gasteiger charge is -2.27. The Morgan fingerprint density at radius 2 is 1.96 bits per heavy atom.